The van der Waals surface area contributed by atoms with Gasteiger partial charge >= 0.3 is 35.8 Å². The highest BCUT2D eigenvalue weighted by molar-refractivity contribution is 5.97. The Labute approximate surface area is 296 Å². The topological polar surface area (TPSA) is 195 Å². The van der Waals surface area contributed by atoms with Crippen LogP contribution in [0.1, 0.15) is 86.0 Å². The lowest BCUT2D eigenvalue weighted by Crippen LogP contribution is -2.60. The standard InChI is InChI=1S/C37H46O14/c1-20-16-17-34(7,8)31(47-22(3)39)28(46-21(2)38)32(48-23(4)40)36(10,50-24(5)41)18-27-30(49-33(44)26-14-12-11-13-15-26)35(9,45)19-37(27,29(20)43)51-25(6)42/h11-18,20,28,30-32,45H,19H2,1-10H3/b17-16+,27-18+/t20-,28+,30+,31+,32+,35+,36-,37+/m1/s1. The Balaban J connectivity index is 2.58. The maximum Gasteiger partial charge on any atom is 0.338 e. The third kappa shape index (κ3) is 9.09. The number of Topliss-reactive ketones (excluding diaryl/α,β-unsaturated/α-hetero) is 1. The van der Waals surface area contributed by atoms with Gasteiger partial charge in [0, 0.05) is 57.9 Å². The molecule has 3 rings (SSSR count). The third-order valence-electron chi connectivity index (χ3n) is 8.69. The zero-order valence-electron chi connectivity index (χ0n) is 30.5. The summed E-state index contributed by atoms with van der Waals surface area (Å²) in [6, 6.07) is 7.74. The Morgan fingerprint density at radius 3 is 1.76 bits per heavy atom. The van der Waals surface area contributed by atoms with E-state index in [1.165, 1.54) is 45.1 Å². The van der Waals surface area contributed by atoms with Gasteiger partial charge in [0.05, 0.1) is 5.56 Å². The van der Waals surface area contributed by atoms with Crippen LogP contribution in [0.2, 0.25) is 0 Å². The fourth-order valence-electron chi connectivity index (χ4n) is 6.71. The van der Waals surface area contributed by atoms with Gasteiger partial charge in [-0.05, 0) is 32.1 Å². The van der Waals surface area contributed by atoms with Crippen LogP contribution in [0.3, 0.4) is 0 Å². The van der Waals surface area contributed by atoms with Gasteiger partial charge in [0.15, 0.2) is 41.4 Å². The van der Waals surface area contributed by atoms with Gasteiger partial charge in [-0.15, -0.1) is 0 Å². The molecule has 0 bridgehead atoms. The summed E-state index contributed by atoms with van der Waals surface area (Å²) in [6.45, 7) is 12.5. The highest BCUT2D eigenvalue weighted by Crippen LogP contribution is 2.50. The van der Waals surface area contributed by atoms with Crippen molar-refractivity contribution in [1.29, 1.82) is 0 Å². The van der Waals surface area contributed by atoms with Gasteiger partial charge in [-0.25, -0.2) is 4.79 Å². The van der Waals surface area contributed by atoms with Crippen LogP contribution < -0.4 is 0 Å². The van der Waals surface area contributed by atoms with Crippen LogP contribution in [0.25, 0.3) is 0 Å². The van der Waals surface area contributed by atoms with Crippen molar-refractivity contribution < 1.29 is 67.1 Å². The van der Waals surface area contributed by atoms with Crippen LogP contribution in [0.4, 0.5) is 0 Å². The van der Waals surface area contributed by atoms with E-state index in [1.807, 2.05) is 0 Å². The Bertz CT molecular complexity index is 1620. The van der Waals surface area contributed by atoms with Gasteiger partial charge in [-0.2, -0.15) is 0 Å². The fourth-order valence-corrected chi connectivity index (χ4v) is 6.71. The molecule has 14 heteroatoms. The quantitative estimate of drug-likeness (QED) is 0.245. The molecule has 0 unspecified atom stereocenters. The lowest BCUT2D eigenvalue weighted by molar-refractivity contribution is -0.213. The van der Waals surface area contributed by atoms with E-state index in [9.17, 15) is 38.7 Å². The molecule has 0 saturated heterocycles. The van der Waals surface area contributed by atoms with Gasteiger partial charge in [-0.1, -0.05) is 51.1 Å². The number of fused-ring (bicyclic) bond motifs is 1. The van der Waals surface area contributed by atoms with Gasteiger partial charge in [0.25, 0.3) is 0 Å². The van der Waals surface area contributed by atoms with Crippen LogP contribution in [0.5, 0.6) is 0 Å². The van der Waals surface area contributed by atoms with E-state index >= 15 is 0 Å². The molecule has 0 aromatic heterocycles. The first-order valence-corrected chi connectivity index (χ1v) is 16.3. The van der Waals surface area contributed by atoms with Crippen molar-refractivity contribution in [2.75, 3.05) is 0 Å². The highest BCUT2D eigenvalue weighted by atomic mass is 16.6. The van der Waals surface area contributed by atoms with E-state index in [-0.39, 0.29) is 11.1 Å². The average Bonchev–Trinajstić information content (AvgIpc) is 3.19. The number of hydrogen-bond acceptors (Lipinski definition) is 14. The Morgan fingerprint density at radius 2 is 1.25 bits per heavy atom. The van der Waals surface area contributed by atoms with E-state index in [4.69, 9.17) is 28.4 Å². The van der Waals surface area contributed by atoms with Crippen molar-refractivity contribution in [3.8, 4) is 0 Å². The number of ketones is 1. The van der Waals surface area contributed by atoms with Crippen LogP contribution in [0, 0.1) is 11.3 Å². The molecule has 2 aliphatic rings. The summed E-state index contributed by atoms with van der Waals surface area (Å²) in [6.07, 6.45) is -3.27. The number of benzene rings is 1. The summed E-state index contributed by atoms with van der Waals surface area (Å²) in [7, 11) is 0. The summed E-state index contributed by atoms with van der Waals surface area (Å²) in [5, 5.41) is 12.0. The van der Waals surface area contributed by atoms with Gasteiger partial charge in [0.2, 0.25) is 0 Å². The first-order chi connectivity index (χ1) is 23.5. The predicted octanol–water partition coefficient (Wildman–Crippen LogP) is 3.51. The smallest absolute Gasteiger partial charge is 0.338 e. The summed E-state index contributed by atoms with van der Waals surface area (Å²) in [4.78, 5) is 92.0. The zero-order valence-corrected chi connectivity index (χ0v) is 30.5. The molecule has 2 aliphatic carbocycles. The van der Waals surface area contributed by atoms with E-state index in [0.29, 0.717) is 0 Å². The summed E-state index contributed by atoms with van der Waals surface area (Å²) < 4.78 is 34.8. The first kappa shape index (κ1) is 40.6. The maximum atomic E-state index is 14.7. The highest BCUT2D eigenvalue weighted by Gasteiger charge is 2.65. The lowest BCUT2D eigenvalue weighted by Gasteiger charge is -2.45. The van der Waals surface area contributed by atoms with Crippen LogP contribution >= 0.6 is 0 Å². The van der Waals surface area contributed by atoms with Crippen molar-refractivity contribution in [2.24, 2.45) is 11.3 Å². The normalized spacial score (nSPS) is 33.4. The Kier molecular flexibility index (Phi) is 12.1. The number of esters is 6. The monoisotopic (exact) mass is 714 g/mol. The second-order valence-electron chi connectivity index (χ2n) is 14.0. The predicted molar refractivity (Wildman–Crippen MR) is 177 cm³/mol. The van der Waals surface area contributed by atoms with E-state index in [2.05, 4.69) is 0 Å². The maximum absolute atomic E-state index is 14.7. The molecule has 0 amide bonds. The van der Waals surface area contributed by atoms with Gasteiger partial charge < -0.3 is 33.5 Å². The fraction of sp³-hybridized carbons (Fsp3) is 0.541. The van der Waals surface area contributed by atoms with Crippen LogP contribution in [0.15, 0.2) is 54.1 Å². The molecule has 1 aromatic rings. The number of allylic oxidation sites excluding steroid dienone is 1. The Hall–Kier alpha value is -4.85. The molecule has 0 spiro atoms. The van der Waals surface area contributed by atoms with Gasteiger partial charge in [-0.3, -0.25) is 28.8 Å². The number of ether oxygens (including phenoxy) is 6. The average molecular weight is 715 g/mol. The molecule has 0 radical (unpaired) electrons. The summed E-state index contributed by atoms with van der Waals surface area (Å²) in [5.74, 6) is -7.31. The largest absolute Gasteiger partial charge is 0.458 e. The van der Waals surface area contributed by atoms with Crippen LogP contribution in [-0.4, -0.2) is 87.9 Å². The number of carbonyl (C=O) groups excluding carboxylic acids is 7. The molecule has 51 heavy (non-hydrogen) atoms. The first-order valence-electron chi connectivity index (χ1n) is 16.3. The van der Waals surface area contributed by atoms with Crippen LogP contribution in [-0.2, 0) is 57.2 Å². The van der Waals surface area contributed by atoms with Crippen molar-refractivity contribution in [1.82, 2.24) is 0 Å². The molecule has 278 valence electrons. The van der Waals surface area contributed by atoms with E-state index in [0.717, 1.165) is 40.7 Å². The number of rotatable bonds is 7. The van der Waals surface area contributed by atoms with E-state index < -0.39 is 101 Å². The lowest BCUT2D eigenvalue weighted by atomic mass is 9.74. The van der Waals surface area contributed by atoms with E-state index in [1.54, 1.807) is 32.0 Å². The SMILES string of the molecule is CC(=O)O[C@H]1[C@H](OC(C)=O)C(C)(C)/C=C/[C@@H](C)C(=O)[C@]2(OC(C)=O)C[C@](C)(O)[C@@H](OC(=O)c3ccccc3)/C2=C\[C@@](C)(OC(C)=O)[C@H]1OC(C)=O. The Morgan fingerprint density at radius 1 is 0.725 bits per heavy atom. The number of aliphatic hydroxyl groups is 1. The number of carbonyl (C=O) groups is 7. The molecular formula is C37H46O14. The van der Waals surface area contributed by atoms with Crippen molar-refractivity contribution in [3.63, 3.8) is 0 Å². The minimum Gasteiger partial charge on any atom is -0.458 e. The van der Waals surface area contributed by atoms with Crippen molar-refractivity contribution in [3.05, 3.63) is 59.7 Å². The molecule has 8 atom stereocenters. The van der Waals surface area contributed by atoms with Crippen molar-refractivity contribution in [2.45, 2.75) is 117 Å². The third-order valence-corrected chi connectivity index (χ3v) is 8.69. The minimum atomic E-state index is -2.35. The summed E-state index contributed by atoms with van der Waals surface area (Å²) in [5.41, 5.74) is -8.27. The summed E-state index contributed by atoms with van der Waals surface area (Å²) >= 11 is 0. The second-order valence-corrected chi connectivity index (χ2v) is 14.0. The molecule has 0 heterocycles. The molecule has 0 aliphatic heterocycles. The van der Waals surface area contributed by atoms with Crippen molar-refractivity contribution >= 4 is 41.6 Å². The number of hydrogen-bond donors (Lipinski definition) is 1. The van der Waals surface area contributed by atoms with Gasteiger partial charge in [0.1, 0.15) is 5.60 Å². The molecule has 1 fully saturated rings. The molecule has 1 N–H and O–H groups in total. The zero-order chi connectivity index (χ0) is 38.7. The molecule has 1 saturated carbocycles. The molecule has 14 nitrogen and oxygen atoms in total. The molecule has 1 aromatic carbocycles. The second kappa shape index (κ2) is 15.2. The molecular weight excluding hydrogens is 668 g/mol. The minimum absolute atomic E-state index is 0.0802.